The SMILES string of the molecule is CCCCON1CCCC(=C=O)C1=O. The van der Waals surface area contributed by atoms with Gasteiger partial charge in [0.25, 0.3) is 5.91 Å². The van der Waals surface area contributed by atoms with E-state index in [1.54, 1.807) is 5.94 Å². The fraction of sp³-hybridized carbons (Fsp3) is 0.700. The molecule has 1 saturated heterocycles. The maximum absolute atomic E-state index is 11.5. The Morgan fingerprint density at radius 1 is 1.57 bits per heavy atom. The summed E-state index contributed by atoms with van der Waals surface area (Å²) in [5.74, 6) is 1.35. The lowest BCUT2D eigenvalue weighted by Gasteiger charge is -2.25. The molecule has 78 valence electrons. The Bertz CT molecular complexity index is 256. The summed E-state index contributed by atoms with van der Waals surface area (Å²) < 4.78 is 0. The molecule has 0 aromatic heterocycles. The zero-order chi connectivity index (χ0) is 10.4. The van der Waals surface area contributed by atoms with Gasteiger partial charge in [0.1, 0.15) is 11.5 Å². The molecule has 1 fully saturated rings. The summed E-state index contributed by atoms with van der Waals surface area (Å²) in [5.41, 5.74) is 0.202. The molecule has 14 heavy (non-hydrogen) atoms. The van der Waals surface area contributed by atoms with Crippen molar-refractivity contribution in [3.8, 4) is 0 Å². The van der Waals surface area contributed by atoms with Crippen LogP contribution in [0.25, 0.3) is 0 Å². The largest absolute Gasteiger partial charge is 0.284 e. The zero-order valence-corrected chi connectivity index (χ0v) is 8.41. The number of hydrogen-bond acceptors (Lipinski definition) is 3. The predicted molar refractivity (Wildman–Crippen MR) is 51.0 cm³/mol. The number of nitrogens with zero attached hydrogens (tertiary/aromatic N) is 1. The molecule has 1 amide bonds. The third kappa shape index (κ3) is 2.69. The smallest absolute Gasteiger partial charge is 0.271 e. The molecule has 0 unspecified atom stereocenters. The van der Waals surface area contributed by atoms with Crippen molar-refractivity contribution in [3.05, 3.63) is 5.57 Å². The molecule has 0 aliphatic carbocycles. The van der Waals surface area contributed by atoms with Crippen LogP contribution >= 0.6 is 0 Å². The first-order valence-electron chi connectivity index (χ1n) is 4.98. The first kappa shape index (κ1) is 11.0. The molecule has 1 aliphatic rings. The van der Waals surface area contributed by atoms with Gasteiger partial charge >= 0.3 is 0 Å². The lowest BCUT2D eigenvalue weighted by molar-refractivity contribution is -0.186. The topological polar surface area (TPSA) is 46.6 Å². The van der Waals surface area contributed by atoms with Gasteiger partial charge in [-0.05, 0) is 19.3 Å². The van der Waals surface area contributed by atoms with Gasteiger partial charge in [-0.1, -0.05) is 13.3 Å². The molecule has 4 nitrogen and oxygen atoms in total. The molecule has 0 aromatic rings. The average Bonchev–Trinajstić information content (AvgIpc) is 2.21. The van der Waals surface area contributed by atoms with Crippen molar-refractivity contribution in [2.45, 2.75) is 32.6 Å². The number of hydrogen-bond donors (Lipinski definition) is 0. The first-order chi connectivity index (χ1) is 6.79. The molecule has 0 spiro atoms. The molecule has 1 aliphatic heterocycles. The van der Waals surface area contributed by atoms with Gasteiger partial charge < -0.3 is 0 Å². The lowest BCUT2D eigenvalue weighted by Crippen LogP contribution is -2.37. The standard InChI is InChI=1S/C10H15NO3/c1-2-3-7-14-11-6-4-5-9(8-12)10(11)13/h2-7H2,1H3. The minimum atomic E-state index is -0.317. The zero-order valence-electron chi connectivity index (χ0n) is 8.41. The first-order valence-corrected chi connectivity index (χ1v) is 4.98. The van der Waals surface area contributed by atoms with E-state index in [-0.39, 0.29) is 11.5 Å². The van der Waals surface area contributed by atoms with Crippen LogP contribution < -0.4 is 0 Å². The van der Waals surface area contributed by atoms with Crippen molar-refractivity contribution in [2.75, 3.05) is 13.2 Å². The summed E-state index contributed by atoms with van der Waals surface area (Å²) in [6, 6.07) is 0. The number of piperidine rings is 1. The normalized spacial score (nSPS) is 17.1. The summed E-state index contributed by atoms with van der Waals surface area (Å²) in [6.07, 6.45) is 3.25. The summed E-state index contributed by atoms with van der Waals surface area (Å²) in [5, 5.41) is 1.28. The van der Waals surface area contributed by atoms with E-state index >= 15 is 0 Å². The van der Waals surface area contributed by atoms with E-state index in [2.05, 4.69) is 6.92 Å². The van der Waals surface area contributed by atoms with Crippen LogP contribution in [0.4, 0.5) is 0 Å². The highest BCUT2D eigenvalue weighted by Gasteiger charge is 2.24. The van der Waals surface area contributed by atoms with Crippen LogP contribution in [0.3, 0.4) is 0 Å². The Labute approximate surface area is 83.5 Å². The highest BCUT2D eigenvalue weighted by Crippen LogP contribution is 2.14. The van der Waals surface area contributed by atoms with Crippen molar-refractivity contribution in [1.29, 1.82) is 0 Å². The summed E-state index contributed by atoms with van der Waals surface area (Å²) in [4.78, 5) is 27.1. The maximum atomic E-state index is 11.5. The fourth-order valence-corrected chi connectivity index (χ4v) is 1.30. The van der Waals surface area contributed by atoms with Crippen LogP contribution in [-0.4, -0.2) is 30.1 Å². The van der Waals surface area contributed by atoms with Crippen LogP contribution in [0.1, 0.15) is 32.6 Å². The number of rotatable bonds is 4. The number of hydroxylamine groups is 2. The van der Waals surface area contributed by atoms with Gasteiger partial charge in [0, 0.05) is 6.54 Å². The van der Waals surface area contributed by atoms with Gasteiger partial charge in [0.05, 0.1) is 6.61 Å². The Hall–Kier alpha value is -1.12. The third-order valence-electron chi connectivity index (χ3n) is 2.14. The van der Waals surface area contributed by atoms with E-state index in [1.807, 2.05) is 0 Å². The molecule has 4 heteroatoms. The van der Waals surface area contributed by atoms with Gasteiger partial charge in [-0.25, -0.2) is 9.86 Å². The monoisotopic (exact) mass is 197 g/mol. The van der Waals surface area contributed by atoms with Crippen molar-refractivity contribution in [3.63, 3.8) is 0 Å². The molecule has 1 heterocycles. The molecule has 0 saturated carbocycles. The second-order valence-electron chi connectivity index (χ2n) is 3.28. The van der Waals surface area contributed by atoms with E-state index in [0.29, 0.717) is 19.6 Å². The van der Waals surface area contributed by atoms with Crippen LogP contribution in [0.15, 0.2) is 5.57 Å². The number of amides is 1. The lowest BCUT2D eigenvalue weighted by atomic mass is 10.1. The van der Waals surface area contributed by atoms with Crippen LogP contribution in [-0.2, 0) is 14.4 Å². The summed E-state index contributed by atoms with van der Waals surface area (Å²) in [7, 11) is 0. The van der Waals surface area contributed by atoms with E-state index < -0.39 is 0 Å². The molecular formula is C10H15NO3. The molecule has 0 bridgehead atoms. The molecule has 0 atom stereocenters. The van der Waals surface area contributed by atoms with Crippen LogP contribution in [0.2, 0.25) is 0 Å². The Balaban J connectivity index is 2.44. The van der Waals surface area contributed by atoms with Crippen LogP contribution in [0.5, 0.6) is 0 Å². The predicted octanol–water partition coefficient (Wildman–Crippen LogP) is 1.10. The molecular weight excluding hydrogens is 182 g/mol. The van der Waals surface area contributed by atoms with Gasteiger partial charge in [0.2, 0.25) is 0 Å². The van der Waals surface area contributed by atoms with Gasteiger partial charge in [-0.15, -0.1) is 0 Å². The second-order valence-corrected chi connectivity index (χ2v) is 3.28. The average molecular weight is 197 g/mol. The third-order valence-corrected chi connectivity index (χ3v) is 2.14. The minimum Gasteiger partial charge on any atom is -0.271 e. The molecule has 0 aromatic carbocycles. The molecule has 1 rings (SSSR count). The van der Waals surface area contributed by atoms with E-state index in [0.717, 1.165) is 19.3 Å². The Morgan fingerprint density at radius 3 is 3.00 bits per heavy atom. The quantitative estimate of drug-likeness (QED) is 0.385. The number of carbonyl (C=O) groups is 1. The van der Waals surface area contributed by atoms with E-state index in [9.17, 15) is 9.59 Å². The highest BCUT2D eigenvalue weighted by molar-refractivity contribution is 6.00. The fourth-order valence-electron chi connectivity index (χ4n) is 1.30. The van der Waals surface area contributed by atoms with Gasteiger partial charge in [0.15, 0.2) is 0 Å². The van der Waals surface area contributed by atoms with E-state index in [4.69, 9.17) is 4.84 Å². The minimum absolute atomic E-state index is 0.202. The Kier molecular flexibility index (Phi) is 4.36. The second kappa shape index (κ2) is 5.58. The number of carbonyl (C=O) groups excluding carboxylic acids is 2. The van der Waals surface area contributed by atoms with Crippen LogP contribution in [0, 0.1) is 0 Å². The summed E-state index contributed by atoms with van der Waals surface area (Å²) >= 11 is 0. The van der Waals surface area contributed by atoms with Gasteiger partial charge in [-0.2, -0.15) is 0 Å². The van der Waals surface area contributed by atoms with Gasteiger partial charge in [-0.3, -0.25) is 9.63 Å². The van der Waals surface area contributed by atoms with Crippen molar-refractivity contribution in [1.82, 2.24) is 5.06 Å². The summed E-state index contributed by atoms with van der Waals surface area (Å²) in [6.45, 7) is 3.17. The Morgan fingerprint density at radius 2 is 2.36 bits per heavy atom. The highest BCUT2D eigenvalue weighted by atomic mass is 16.7. The molecule has 0 radical (unpaired) electrons. The molecule has 0 N–H and O–H groups in total. The van der Waals surface area contributed by atoms with E-state index in [1.165, 1.54) is 5.06 Å². The maximum Gasteiger partial charge on any atom is 0.284 e. The van der Waals surface area contributed by atoms with Crippen molar-refractivity contribution >= 4 is 11.8 Å². The number of unbranched alkanes of at least 4 members (excludes halogenated alkanes) is 1. The van der Waals surface area contributed by atoms with Crippen molar-refractivity contribution < 1.29 is 14.4 Å². The van der Waals surface area contributed by atoms with Crippen molar-refractivity contribution in [2.24, 2.45) is 0 Å².